The van der Waals surface area contributed by atoms with Crippen LogP contribution in [0.25, 0.3) is 0 Å². The molecule has 1 aromatic carbocycles. The lowest BCUT2D eigenvalue weighted by Gasteiger charge is -2.19. The van der Waals surface area contributed by atoms with Crippen LogP contribution >= 0.6 is 0 Å². The van der Waals surface area contributed by atoms with Crippen molar-refractivity contribution >= 4 is 17.8 Å². The van der Waals surface area contributed by atoms with Crippen LogP contribution in [0, 0.1) is 0 Å². The largest absolute Gasteiger partial charge is 0.383 e. The van der Waals surface area contributed by atoms with Gasteiger partial charge in [-0.3, -0.25) is 9.59 Å². The summed E-state index contributed by atoms with van der Waals surface area (Å²) in [6, 6.07) is 10.0. The van der Waals surface area contributed by atoms with E-state index in [0.717, 1.165) is 18.4 Å². The van der Waals surface area contributed by atoms with Crippen LogP contribution in [0.4, 0.5) is 5.95 Å². The Morgan fingerprint density at radius 2 is 2.03 bits per heavy atom. The number of aryl methyl sites for hydroxylation is 1. The maximum atomic E-state index is 12.8. The van der Waals surface area contributed by atoms with E-state index in [-0.39, 0.29) is 17.7 Å². The fourth-order valence-corrected chi connectivity index (χ4v) is 3.71. The number of methoxy groups -OCH3 is 1. The molecule has 1 fully saturated rings. The molecule has 1 saturated heterocycles. The molecule has 0 spiro atoms. The van der Waals surface area contributed by atoms with Crippen LogP contribution in [0.5, 0.6) is 0 Å². The zero-order valence-corrected chi connectivity index (χ0v) is 18.5. The van der Waals surface area contributed by atoms with Crippen molar-refractivity contribution in [1.82, 2.24) is 20.2 Å². The van der Waals surface area contributed by atoms with Crippen LogP contribution in [0.1, 0.15) is 40.4 Å². The van der Waals surface area contributed by atoms with Gasteiger partial charge >= 0.3 is 0 Å². The quantitative estimate of drug-likeness (QED) is 0.617. The van der Waals surface area contributed by atoms with Crippen LogP contribution < -0.4 is 10.2 Å². The fraction of sp³-hybridized carbons (Fsp3) is 0.478. The Labute approximate surface area is 183 Å². The third kappa shape index (κ3) is 6.01. The number of nitrogens with one attached hydrogen (secondary N) is 1. The summed E-state index contributed by atoms with van der Waals surface area (Å²) < 4.78 is 5.01. The average molecular weight is 426 g/mol. The van der Waals surface area contributed by atoms with Gasteiger partial charge in [-0.1, -0.05) is 30.3 Å². The van der Waals surface area contributed by atoms with Crippen molar-refractivity contribution in [3.05, 3.63) is 53.3 Å². The Morgan fingerprint density at radius 1 is 1.26 bits per heavy atom. The van der Waals surface area contributed by atoms with Gasteiger partial charge in [-0.15, -0.1) is 0 Å². The number of rotatable bonds is 9. The molecule has 8 nitrogen and oxygen atoms in total. The van der Waals surface area contributed by atoms with Crippen molar-refractivity contribution in [3.8, 4) is 0 Å². The van der Waals surface area contributed by atoms with E-state index >= 15 is 0 Å². The predicted molar refractivity (Wildman–Crippen MR) is 119 cm³/mol. The van der Waals surface area contributed by atoms with E-state index in [1.807, 2.05) is 54.2 Å². The molecule has 8 heteroatoms. The topological polar surface area (TPSA) is 87.7 Å². The second-order valence-corrected chi connectivity index (χ2v) is 7.92. The number of hydrogen-bond donors (Lipinski definition) is 1. The van der Waals surface area contributed by atoms with Crippen molar-refractivity contribution < 1.29 is 14.3 Å². The first-order valence-electron chi connectivity index (χ1n) is 10.6. The van der Waals surface area contributed by atoms with E-state index in [1.165, 1.54) is 0 Å². The van der Waals surface area contributed by atoms with Gasteiger partial charge < -0.3 is 19.9 Å². The van der Waals surface area contributed by atoms with Gasteiger partial charge in [-0.25, -0.2) is 9.97 Å². The molecule has 2 amide bonds. The molecule has 2 aromatic rings. The molecular weight excluding hydrogens is 394 g/mol. The van der Waals surface area contributed by atoms with Gasteiger partial charge in [0.15, 0.2) is 0 Å². The lowest BCUT2D eigenvalue weighted by molar-refractivity contribution is -0.130. The average Bonchev–Trinajstić information content (AvgIpc) is 3.28. The zero-order valence-electron chi connectivity index (χ0n) is 18.5. The smallest absolute Gasteiger partial charge is 0.254 e. The Hall–Kier alpha value is -3.00. The van der Waals surface area contributed by atoms with Crippen LogP contribution in [0.3, 0.4) is 0 Å². The van der Waals surface area contributed by atoms with Crippen molar-refractivity contribution in [2.24, 2.45) is 0 Å². The summed E-state index contributed by atoms with van der Waals surface area (Å²) in [7, 11) is 5.32. The van der Waals surface area contributed by atoms with E-state index in [9.17, 15) is 9.59 Å². The first kappa shape index (κ1) is 22.7. The maximum Gasteiger partial charge on any atom is 0.254 e. The summed E-state index contributed by atoms with van der Waals surface area (Å²) in [4.78, 5) is 38.2. The number of aromatic nitrogens is 2. The lowest BCUT2D eigenvalue weighted by atomic mass is 9.99. The molecule has 1 unspecified atom stereocenters. The molecule has 3 rings (SSSR count). The highest BCUT2D eigenvalue weighted by Gasteiger charge is 2.31. The highest BCUT2D eigenvalue weighted by molar-refractivity contribution is 5.95. The van der Waals surface area contributed by atoms with Crippen molar-refractivity contribution in [3.63, 3.8) is 0 Å². The second kappa shape index (κ2) is 10.9. The molecule has 1 atom stereocenters. The summed E-state index contributed by atoms with van der Waals surface area (Å²) in [5.74, 6) is 0.480. The van der Waals surface area contributed by atoms with Crippen molar-refractivity contribution in [2.45, 2.75) is 25.2 Å². The Morgan fingerprint density at radius 3 is 2.74 bits per heavy atom. The molecule has 0 radical (unpaired) electrons. The number of anilines is 1. The van der Waals surface area contributed by atoms with Gasteiger partial charge in [0.25, 0.3) is 5.91 Å². The standard InChI is InChI=1S/C23H31N5O3/c1-27(2)23-25-15-19(22(30)24-12-14-31-3)21(26-23)18-11-13-28(16-18)20(29)10-9-17-7-5-4-6-8-17/h4-8,15,18H,9-14,16H2,1-3H3,(H,24,30). The molecule has 0 saturated carbocycles. The minimum Gasteiger partial charge on any atom is -0.383 e. The van der Waals surface area contributed by atoms with Crippen LogP contribution in [-0.2, 0) is 16.0 Å². The summed E-state index contributed by atoms with van der Waals surface area (Å²) in [6.45, 7) is 2.09. The number of carbonyl (C=O) groups excluding carboxylic acids is 2. The molecule has 31 heavy (non-hydrogen) atoms. The minimum absolute atomic E-state index is 0.00514. The van der Waals surface area contributed by atoms with Crippen molar-refractivity contribution in [2.75, 3.05) is 52.3 Å². The summed E-state index contributed by atoms with van der Waals surface area (Å²) in [6.07, 6.45) is 3.57. The van der Waals surface area contributed by atoms with Crippen LogP contribution in [0.15, 0.2) is 36.5 Å². The normalized spacial score (nSPS) is 15.7. The molecule has 1 aliphatic rings. The molecule has 166 valence electrons. The summed E-state index contributed by atoms with van der Waals surface area (Å²) >= 11 is 0. The van der Waals surface area contributed by atoms with Gasteiger partial charge in [0.2, 0.25) is 11.9 Å². The SMILES string of the molecule is COCCNC(=O)c1cnc(N(C)C)nc1C1CCN(C(=O)CCc2ccccc2)C1. The highest BCUT2D eigenvalue weighted by Crippen LogP contribution is 2.29. The number of likely N-dealkylation sites (tertiary alicyclic amines) is 1. The molecule has 1 N–H and O–H groups in total. The number of hydrogen-bond acceptors (Lipinski definition) is 6. The van der Waals surface area contributed by atoms with Gasteiger partial charge in [0, 0.05) is 59.4 Å². The highest BCUT2D eigenvalue weighted by atomic mass is 16.5. The molecule has 0 aliphatic carbocycles. The molecular formula is C23H31N5O3. The maximum absolute atomic E-state index is 12.8. The van der Waals surface area contributed by atoms with Crippen molar-refractivity contribution in [1.29, 1.82) is 0 Å². The molecule has 1 aliphatic heterocycles. The number of ether oxygens (including phenoxy) is 1. The number of amides is 2. The molecule has 1 aromatic heterocycles. The third-order valence-corrected chi connectivity index (χ3v) is 5.44. The summed E-state index contributed by atoms with van der Waals surface area (Å²) in [5, 5.41) is 2.85. The predicted octanol–water partition coefficient (Wildman–Crippen LogP) is 1.87. The van der Waals surface area contributed by atoms with E-state index in [2.05, 4.69) is 15.3 Å². The molecule has 2 heterocycles. The molecule has 0 bridgehead atoms. The van der Waals surface area contributed by atoms with Gasteiger partial charge in [0.05, 0.1) is 17.9 Å². The van der Waals surface area contributed by atoms with Gasteiger partial charge in [-0.05, 0) is 18.4 Å². The van der Waals surface area contributed by atoms with E-state index in [0.29, 0.717) is 49.9 Å². The number of benzene rings is 1. The number of nitrogens with zero attached hydrogens (tertiary/aromatic N) is 4. The zero-order chi connectivity index (χ0) is 22.2. The first-order chi connectivity index (χ1) is 15.0. The van der Waals surface area contributed by atoms with E-state index in [1.54, 1.807) is 13.3 Å². The van der Waals surface area contributed by atoms with Gasteiger partial charge in [0.1, 0.15) is 0 Å². The minimum atomic E-state index is -0.216. The van der Waals surface area contributed by atoms with Gasteiger partial charge in [-0.2, -0.15) is 0 Å². The third-order valence-electron chi connectivity index (χ3n) is 5.44. The Bertz CT molecular complexity index is 888. The Kier molecular flexibility index (Phi) is 7.94. The monoisotopic (exact) mass is 425 g/mol. The summed E-state index contributed by atoms with van der Waals surface area (Å²) in [5.41, 5.74) is 2.32. The Balaban J connectivity index is 1.70. The lowest BCUT2D eigenvalue weighted by Crippen LogP contribution is -2.31. The first-order valence-corrected chi connectivity index (χ1v) is 10.6. The van der Waals surface area contributed by atoms with Crippen LogP contribution in [0.2, 0.25) is 0 Å². The number of carbonyl (C=O) groups is 2. The second-order valence-electron chi connectivity index (χ2n) is 7.92. The van der Waals surface area contributed by atoms with E-state index in [4.69, 9.17) is 4.74 Å². The van der Waals surface area contributed by atoms with E-state index < -0.39 is 0 Å². The fourth-order valence-electron chi connectivity index (χ4n) is 3.71. The van der Waals surface area contributed by atoms with Crippen LogP contribution in [-0.4, -0.2) is 74.1 Å².